The van der Waals surface area contributed by atoms with Crippen LogP contribution in [0.3, 0.4) is 0 Å². The second-order valence-electron chi connectivity index (χ2n) is 7.19. The Hall–Kier alpha value is -2.04. The fraction of sp³-hybridized carbons (Fsp3) is 0.0833. The van der Waals surface area contributed by atoms with Crippen molar-refractivity contribution in [2.75, 3.05) is 7.11 Å². The standard InChI is InChI=1S/C24H15Br3Cl2N2O4/c1-33-20-6-13(4-16(26)23(20)34-11-12-2-3-18(28)19(29)5-12)10-30-31-24(32)21-8-14-7-15(25)9-17(27)22(14)35-21/h2-10H,11H2,1H3,(H,31,32)/b30-10-. The highest BCUT2D eigenvalue weighted by Gasteiger charge is 2.15. The van der Waals surface area contributed by atoms with Crippen molar-refractivity contribution >= 4 is 94.1 Å². The number of hydrogen-bond acceptors (Lipinski definition) is 5. The van der Waals surface area contributed by atoms with Crippen LogP contribution in [0.4, 0.5) is 0 Å². The van der Waals surface area contributed by atoms with E-state index in [0.717, 1.165) is 19.9 Å². The first-order valence-corrected chi connectivity index (χ1v) is 13.0. The number of rotatable bonds is 7. The molecule has 6 nitrogen and oxygen atoms in total. The fourth-order valence-electron chi connectivity index (χ4n) is 3.15. The molecule has 0 aliphatic carbocycles. The van der Waals surface area contributed by atoms with Gasteiger partial charge in [0.1, 0.15) is 12.2 Å². The van der Waals surface area contributed by atoms with Gasteiger partial charge in [-0.1, -0.05) is 45.2 Å². The highest BCUT2D eigenvalue weighted by Crippen LogP contribution is 2.37. The molecule has 0 spiro atoms. The van der Waals surface area contributed by atoms with E-state index in [0.29, 0.717) is 37.2 Å². The van der Waals surface area contributed by atoms with Crippen molar-refractivity contribution in [3.63, 3.8) is 0 Å². The summed E-state index contributed by atoms with van der Waals surface area (Å²) in [6, 6.07) is 14.2. The van der Waals surface area contributed by atoms with Crippen LogP contribution in [0.2, 0.25) is 10.0 Å². The molecule has 4 aromatic rings. The first-order valence-electron chi connectivity index (χ1n) is 9.91. The van der Waals surface area contributed by atoms with Crippen molar-refractivity contribution in [1.82, 2.24) is 5.43 Å². The number of amides is 1. The van der Waals surface area contributed by atoms with Crippen LogP contribution in [0.15, 0.2) is 71.5 Å². The van der Waals surface area contributed by atoms with Crippen molar-refractivity contribution in [2.45, 2.75) is 6.61 Å². The first-order chi connectivity index (χ1) is 16.7. The summed E-state index contributed by atoms with van der Waals surface area (Å²) in [5.74, 6) is 0.660. The highest BCUT2D eigenvalue weighted by atomic mass is 79.9. The Labute approximate surface area is 235 Å². The molecule has 35 heavy (non-hydrogen) atoms. The largest absolute Gasteiger partial charge is 0.493 e. The van der Waals surface area contributed by atoms with Gasteiger partial charge in [0.25, 0.3) is 0 Å². The number of ether oxygens (including phenoxy) is 2. The van der Waals surface area contributed by atoms with Crippen LogP contribution in [0, 0.1) is 0 Å². The predicted octanol–water partition coefficient (Wildman–Crippen LogP) is 8.38. The summed E-state index contributed by atoms with van der Waals surface area (Å²) in [5.41, 5.74) is 4.57. The molecule has 1 heterocycles. The number of nitrogens with one attached hydrogen (secondary N) is 1. The van der Waals surface area contributed by atoms with Gasteiger partial charge in [-0.05, 0) is 85.5 Å². The zero-order valence-corrected chi connectivity index (χ0v) is 24.1. The summed E-state index contributed by atoms with van der Waals surface area (Å²) in [7, 11) is 1.54. The van der Waals surface area contributed by atoms with Gasteiger partial charge in [-0.15, -0.1) is 0 Å². The van der Waals surface area contributed by atoms with Crippen molar-refractivity contribution in [3.8, 4) is 11.5 Å². The summed E-state index contributed by atoms with van der Waals surface area (Å²) >= 11 is 22.4. The summed E-state index contributed by atoms with van der Waals surface area (Å²) in [5, 5.41) is 5.75. The average molecular weight is 706 g/mol. The van der Waals surface area contributed by atoms with E-state index in [-0.39, 0.29) is 12.4 Å². The van der Waals surface area contributed by atoms with Gasteiger partial charge in [0.05, 0.1) is 32.3 Å². The minimum Gasteiger partial charge on any atom is -0.493 e. The van der Waals surface area contributed by atoms with Crippen LogP contribution in [0.25, 0.3) is 11.0 Å². The van der Waals surface area contributed by atoms with E-state index in [9.17, 15) is 4.79 Å². The quantitative estimate of drug-likeness (QED) is 0.155. The van der Waals surface area contributed by atoms with Crippen LogP contribution < -0.4 is 14.9 Å². The van der Waals surface area contributed by atoms with E-state index in [1.54, 1.807) is 30.3 Å². The molecule has 0 radical (unpaired) electrons. The van der Waals surface area contributed by atoms with E-state index in [1.165, 1.54) is 13.3 Å². The second kappa shape index (κ2) is 11.3. The Balaban J connectivity index is 1.45. The lowest BCUT2D eigenvalue weighted by atomic mass is 10.2. The van der Waals surface area contributed by atoms with Crippen LogP contribution in [-0.2, 0) is 6.61 Å². The number of methoxy groups -OCH3 is 1. The maximum absolute atomic E-state index is 12.5. The molecule has 1 aromatic heterocycles. The number of fused-ring (bicyclic) bond motifs is 1. The molecule has 0 saturated carbocycles. The molecule has 180 valence electrons. The summed E-state index contributed by atoms with van der Waals surface area (Å²) in [6.07, 6.45) is 1.49. The molecule has 0 atom stereocenters. The number of hydrazone groups is 1. The number of carbonyl (C=O) groups is 1. The third-order valence-electron chi connectivity index (χ3n) is 4.76. The first kappa shape index (κ1) is 26.0. The normalized spacial score (nSPS) is 11.3. The van der Waals surface area contributed by atoms with Gasteiger partial charge < -0.3 is 13.9 Å². The Morgan fingerprint density at radius 1 is 1.06 bits per heavy atom. The number of hydrogen-bond donors (Lipinski definition) is 1. The van der Waals surface area contributed by atoms with Crippen LogP contribution >= 0.6 is 71.0 Å². The van der Waals surface area contributed by atoms with E-state index >= 15 is 0 Å². The van der Waals surface area contributed by atoms with Crippen molar-refractivity contribution in [1.29, 1.82) is 0 Å². The molecule has 3 aromatic carbocycles. The lowest BCUT2D eigenvalue weighted by Gasteiger charge is -2.14. The predicted molar refractivity (Wildman–Crippen MR) is 148 cm³/mol. The number of carbonyl (C=O) groups excluding carboxylic acids is 1. The van der Waals surface area contributed by atoms with E-state index in [2.05, 4.69) is 58.3 Å². The van der Waals surface area contributed by atoms with Crippen LogP contribution in [-0.4, -0.2) is 19.2 Å². The van der Waals surface area contributed by atoms with E-state index in [1.807, 2.05) is 18.2 Å². The van der Waals surface area contributed by atoms with Crippen molar-refractivity contribution < 1.29 is 18.7 Å². The van der Waals surface area contributed by atoms with Crippen LogP contribution in [0.5, 0.6) is 11.5 Å². The maximum Gasteiger partial charge on any atom is 0.307 e. The number of nitrogens with zero attached hydrogens (tertiary/aromatic N) is 1. The minimum absolute atomic E-state index is 0.140. The molecule has 0 unspecified atom stereocenters. The van der Waals surface area contributed by atoms with Crippen molar-refractivity contribution in [3.05, 3.63) is 88.9 Å². The lowest BCUT2D eigenvalue weighted by Crippen LogP contribution is -2.16. The summed E-state index contributed by atoms with van der Waals surface area (Å²) in [4.78, 5) is 12.5. The highest BCUT2D eigenvalue weighted by molar-refractivity contribution is 9.11. The molecule has 0 aliphatic rings. The molecular weight excluding hydrogens is 691 g/mol. The van der Waals surface area contributed by atoms with Gasteiger partial charge in [-0.25, -0.2) is 5.43 Å². The van der Waals surface area contributed by atoms with Crippen LogP contribution in [0.1, 0.15) is 21.7 Å². The SMILES string of the molecule is COc1cc(/C=N\NC(=O)c2cc3cc(Br)cc(Br)c3o2)cc(Br)c1OCc1ccc(Cl)c(Cl)c1. The molecule has 0 bridgehead atoms. The molecule has 11 heteroatoms. The van der Waals surface area contributed by atoms with Gasteiger partial charge in [-0.2, -0.15) is 5.10 Å². The van der Waals surface area contributed by atoms with Gasteiger partial charge >= 0.3 is 5.91 Å². The van der Waals surface area contributed by atoms with Gasteiger partial charge in [-0.3, -0.25) is 4.79 Å². The summed E-state index contributed by atoms with van der Waals surface area (Å²) < 4.78 is 19.3. The zero-order chi connectivity index (χ0) is 25.1. The smallest absolute Gasteiger partial charge is 0.307 e. The minimum atomic E-state index is -0.479. The average Bonchev–Trinajstić information content (AvgIpc) is 3.25. The van der Waals surface area contributed by atoms with E-state index < -0.39 is 5.91 Å². The molecule has 1 N–H and O–H groups in total. The Kier molecular flexibility index (Phi) is 8.44. The Bertz CT molecular complexity index is 1460. The van der Waals surface area contributed by atoms with Gasteiger partial charge in [0.2, 0.25) is 0 Å². The number of furan rings is 1. The molecule has 0 fully saturated rings. The van der Waals surface area contributed by atoms with Gasteiger partial charge in [0, 0.05) is 9.86 Å². The lowest BCUT2D eigenvalue weighted by molar-refractivity contribution is 0.0929. The molecule has 0 aliphatic heterocycles. The number of benzene rings is 3. The molecule has 4 rings (SSSR count). The third-order valence-corrected chi connectivity index (χ3v) is 7.13. The molecular formula is C24H15Br3Cl2N2O4. The third kappa shape index (κ3) is 6.21. The summed E-state index contributed by atoms with van der Waals surface area (Å²) in [6.45, 7) is 0.263. The zero-order valence-electron chi connectivity index (χ0n) is 17.9. The van der Waals surface area contributed by atoms with Gasteiger partial charge in [0.15, 0.2) is 17.3 Å². The van der Waals surface area contributed by atoms with Crippen molar-refractivity contribution in [2.24, 2.45) is 5.10 Å². The Morgan fingerprint density at radius 3 is 2.60 bits per heavy atom. The number of halogens is 5. The van der Waals surface area contributed by atoms with E-state index in [4.69, 9.17) is 37.1 Å². The Morgan fingerprint density at radius 2 is 1.86 bits per heavy atom. The molecule has 0 saturated heterocycles. The topological polar surface area (TPSA) is 73.1 Å². The fourth-order valence-corrected chi connectivity index (χ4v) is 5.38. The second-order valence-corrected chi connectivity index (χ2v) is 10.6. The molecule has 1 amide bonds. The monoisotopic (exact) mass is 702 g/mol. The maximum atomic E-state index is 12.5.